The van der Waals surface area contributed by atoms with E-state index in [0.29, 0.717) is 11.6 Å². The van der Waals surface area contributed by atoms with Crippen LogP contribution in [0.2, 0.25) is 0 Å². The first-order valence-electron chi connectivity index (χ1n) is 12.8. The number of nitrogens with one attached hydrogen (secondary N) is 1. The number of Topliss-reactive ketones (excluding diaryl/α,β-unsaturated/α-hetero) is 1. The molecule has 0 unspecified atom stereocenters. The molecule has 0 spiro atoms. The number of alkyl halides is 3. The number of nitrogens with zero attached hydrogens (tertiary/aromatic N) is 3. The number of halogens is 6. The van der Waals surface area contributed by atoms with E-state index in [1.165, 1.54) is 24.4 Å². The Kier molecular flexibility index (Phi) is 7.78. The normalized spacial score (nSPS) is 13.6. The zero-order valence-corrected chi connectivity index (χ0v) is 22.0. The van der Waals surface area contributed by atoms with Crippen LogP contribution in [0.5, 0.6) is 0 Å². The van der Waals surface area contributed by atoms with Crippen LogP contribution in [-0.2, 0) is 41.6 Å². The third-order valence-corrected chi connectivity index (χ3v) is 6.88. The lowest BCUT2D eigenvalue weighted by Gasteiger charge is -2.22. The minimum atomic E-state index is -4.85. The van der Waals surface area contributed by atoms with Gasteiger partial charge >= 0.3 is 6.18 Å². The Labute approximate surface area is 239 Å². The van der Waals surface area contributed by atoms with Crippen LogP contribution < -0.4 is 11.1 Å². The van der Waals surface area contributed by atoms with Gasteiger partial charge in [-0.2, -0.15) is 18.3 Å². The summed E-state index contributed by atoms with van der Waals surface area (Å²) in [6.45, 7) is -0.704. The number of amides is 2. The Bertz CT molecular complexity index is 1750. The highest BCUT2D eigenvalue weighted by molar-refractivity contribution is 5.94. The molecule has 1 aliphatic carbocycles. The molecule has 8 nitrogen and oxygen atoms in total. The smallest absolute Gasteiger partial charge is 0.366 e. The van der Waals surface area contributed by atoms with Gasteiger partial charge in [-0.15, -0.1) is 0 Å². The number of pyridine rings is 1. The third-order valence-electron chi connectivity index (χ3n) is 6.88. The number of ketones is 1. The van der Waals surface area contributed by atoms with Gasteiger partial charge in [0.1, 0.15) is 29.8 Å². The molecule has 14 heteroatoms. The Morgan fingerprint density at radius 1 is 1.02 bits per heavy atom. The second-order valence-corrected chi connectivity index (χ2v) is 9.92. The fraction of sp³-hybridized carbons (Fsp3) is 0.207. The summed E-state index contributed by atoms with van der Waals surface area (Å²) in [4.78, 5) is 41.3. The van der Waals surface area contributed by atoms with E-state index in [4.69, 9.17) is 5.73 Å². The van der Waals surface area contributed by atoms with E-state index in [1.807, 2.05) is 0 Å². The quantitative estimate of drug-likeness (QED) is 0.293. The molecule has 0 fully saturated rings. The van der Waals surface area contributed by atoms with Crippen molar-refractivity contribution >= 4 is 17.6 Å². The highest BCUT2D eigenvalue weighted by atomic mass is 19.4. The van der Waals surface area contributed by atoms with Crippen molar-refractivity contribution < 1.29 is 40.7 Å². The number of hydrogen-bond acceptors (Lipinski definition) is 5. The number of hydrogen-bond donors (Lipinski definition) is 2. The summed E-state index contributed by atoms with van der Waals surface area (Å²) < 4.78 is 83.8. The van der Waals surface area contributed by atoms with Crippen LogP contribution >= 0.6 is 0 Å². The average Bonchev–Trinajstić information content (AvgIpc) is 3.45. The molecule has 3 N–H and O–H groups in total. The van der Waals surface area contributed by atoms with Crippen LogP contribution in [0.4, 0.5) is 26.3 Å². The first-order chi connectivity index (χ1) is 20.3. The summed E-state index contributed by atoms with van der Waals surface area (Å²) in [5.41, 5.74) is 4.14. The molecule has 0 aliphatic heterocycles. The molecule has 1 atom stereocenters. The topological polar surface area (TPSA) is 120 Å². The number of nitrogens with two attached hydrogens (primary N) is 1. The molecule has 222 valence electrons. The minimum Gasteiger partial charge on any atom is -0.366 e. The molecule has 5 rings (SSSR count). The molecule has 0 saturated heterocycles. The number of primary amides is 1. The number of carbonyl (C=O) groups excluding carboxylic acids is 3. The van der Waals surface area contributed by atoms with Gasteiger partial charge < -0.3 is 11.1 Å². The van der Waals surface area contributed by atoms with Crippen LogP contribution in [0.15, 0.2) is 54.7 Å². The molecule has 0 bridgehead atoms. The largest absolute Gasteiger partial charge is 0.435 e. The van der Waals surface area contributed by atoms with Gasteiger partial charge in [-0.1, -0.05) is 12.1 Å². The van der Waals surface area contributed by atoms with Gasteiger partial charge in [0.25, 0.3) is 5.91 Å². The molecule has 43 heavy (non-hydrogen) atoms. The molecular formula is C29H21F6N5O3. The number of fused-ring (bicyclic) bond motifs is 1. The molecule has 2 amide bonds. The summed E-state index contributed by atoms with van der Waals surface area (Å²) >= 11 is 0. The lowest BCUT2D eigenvalue weighted by atomic mass is 9.94. The van der Waals surface area contributed by atoms with Gasteiger partial charge in [-0.3, -0.25) is 24.0 Å². The molecule has 2 aromatic carbocycles. The monoisotopic (exact) mass is 601 g/mol. The zero-order valence-electron chi connectivity index (χ0n) is 22.0. The van der Waals surface area contributed by atoms with Crippen molar-refractivity contribution in [1.29, 1.82) is 0 Å². The first-order valence-corrected chi connectivity index (χ1v) is 12.8. The Balaban J connectivity index is 1.53. The molecule has 0 radical (unpaired) electrons. The Morgan fingerprint density at radius 3 is 2.42 bits per heavy atom. The number of benzene rings is 2. The fourth-order valence-corrected chi connectivity index (χ4v) is 5.10. The van der Waals surface area contributed by atoms with Crippen LogP contribution in [0.25, 0.3) is 11.1 Å². The van der Waals surface area contributed by atoms with Crippen LogP contribution in [0.3, 0.4) is 0 Å². The second kappa shape index (κ2) is 11.3. The standard InChI is InChI=1S/C29H21F6N5O3/c30-16-6-14(7-17(31)10-16)8-23(26-19(2-1-5-37-26)15-3-4-22(32)20(9-15)28(36)43)38-25(42)13-40-24-12-18(41)11-21(24)27(39-40)29(33,34)35/h1-7,9-10,23H,8,11-13H2,(H2,36,43)(H,38,42)/t23-/m0/s1. The first kappa shape index (κ1) is 29.5. The Morgan fingerprint density at radius 2 is 1.74 bits per heavy atom. The highest BCUT2D eigenvalue weighted by Gasteiger charge is 2.42. The van der Waals surface area contributed by atoms with Gasteiger partial charge in [-0.25, -0.2) is 13.2 Å². The van der Waals surface area contributed by atoms with Gasteiger partial charge in [0, 0.05) is 36.2 Å². The van der Waals surface area contributed by atoms with Crippen LogP contribution in [-0.4, -0.2) is 32.4 Å². The summed E-state index contributed by atoms with van der Waals surface area (Å²) in [5, 5.41) is 6.19. The van der Waals surface area contributed by atoms with E-state index in [1.54, 1.807) is 6.07 Å². The maximum atomic E-state index is 14.2. The van der Waals surface area contributed by atoms with E-state index < -0.39 is 71.5 Å². The predicted molar refractivity (Wildman–Crippen MR) is 139 cm³/mol. The van der Waals surface area contributed by atoms with Crippen molar-refractivity contribution in [3.63, 3.8) is 0 Å². The summed E-state index contributed by atoms with van der Waals surface area (Å²) in [7, 11) is 0. The summed E-state index contributed by atoms with van der Waals surface area (Å²) in [6, 6.07) is 8.21. The minimum absolute atomic E-state index is 0.0277. The molecule has 1 aliphatic rings. The van der Waals surface area contributed by atoms with Gasteiger partial charge in [0.2, 0.25) is 5.91 Å². The SMILES string of the molecule is NC(=O)c1cc(-c2cccnc2[C@H](Cc2cc(F)cc(F)c2)NC(=O)Cn2nc(C(F)(F)F)c3c2CC(=O)C3)ccc1F. The molecular weight excluding hydrogens is 580 g/mol. The highest BCUT2D eigenvalue weighted by Crippen LogP contribution is 2.36. The zero-order chi connectivity index (χ0) is 31.1. The Hall–Kier alpha value is -5.01. The van der Waals surface area contributed by atoms with Gasteiger partial charge in [-0.05, 0) is 47.9 Å². The molecule has 2 heterocycles. The van der Waals surface area contributed by atoms with Crippen LogP contribution in [0.1, 0.15) is 44.6 Å². The van der Waals surface area contributed by atoms with E-state index >= 15 is 0 Å². The summed E-state index contributed by atoms with van der Waals surface area (Å²) in [6.07, 6.45) is -4.49. The van der Waals surface area contributed by atoms with Crippen molar-refractivity contribution in [2.45, 2.75) is 38.0 Å². The maximum Gasteiger partial charge on any atom is 0.435 e. The van der Waals surface area contributed by atoms with E-state index in [9.17, 15) is 40.7 Å². The third kappa shape index (κ3) is 6.27. The average molecular weight is 602 g/mol. The fourth-order valence-electron chi connectivity index (χ4n) is 5.10. The van der Waals surface area contributed by atoms with Crippen molar-refractivity contribution in [3.8, 4) is 11.1 Å². The lowest BCUT2D eigenvalue weighted by Crippen LogP contribution is -2.34. The van der Waals surface area contributed by atoms with Crippen molar-refractivity contribution in [3.05, 3.63) is 106 Å². The van der Waals surface area contributed by atoms with E-state index in [-0.39, 0.29) is 40.9 Å². The van der Waals surface area contributed by atoms with Crippen molar-refractivity contribution in [2.24, 2.45) is 5.73 Å². The van der Waals surface area contributed by atoms with E-state index in [2.05, 4.69) is 15.4 Å². The predicted octanol–water partition coefficient (Wildman–Crippen LogP) is 4.25. The molecule has 4 aromatic rings. The molecule has 2 aromatic heterocycles. The maximum absolute atomic E-state index is 14.2. The summed E-state index contributed by atoms with van der Waals surface area (Å²) in [5.74, 6) is -4.97. The van der Waals surface area contributed by atoms with Gasteiger partial charge in [0.05, 0.1) is 23.0 Å². The molecule has 0 saturated carbocycles. The lowest BCUT2D eigenvalue weighted by molar-refractivity contribution is -0.142. The van der Waals surface area contributed by atoms with E-state index in [0.717, 1.165) is 22.9 Å². The number of rotatable bonds is 8. The number of carbonyl (C=O) groups is 3. The van der Waals surface area contributed by atoms with Gasteiger partial charge in [0.15, 0.2) is 5.69 Å². The van der Waals surface area contributed by atoms with Crippen molar-refractivity contribution in [2.75, 3.05) is 0 Å². The van der Waals surface area contributed by atoms with Crippen molar-refractivity contribution in [1.82, 2.24) is 20.1 Å². The number of aromatic nitrogens is 3. The second-order valence-electron chi connectivity index (χ2n) is 9.92. The van der Waals surface area contributed by atoms with Crippen LogP contribution in [0, 0.1) is 17.5 Å².